The lowest BCUT2D eigenvalue weighted by atomic mass is 9.88. The number of piperidine rings is 1. The minimum absolute atomic E-state index is 0.438. The van der Waals surface area contributed by atoms with Crippen molar-refractivity contribution in [1.29, 1.82) is 0 Å². The van der Waals surface area contributed by atoms with Crippen LogP contribution in [0.2, 0.25) is 0 Å². The lowest BCUT2D eigenvalue weighted by molar-refractivity contribution is 0.104. The molecule has 0 bridgehead atoms. The van der Waals surface area contributed by atoms with Gasteiger partial charge >= 0.3 is 0 Å². The fraction of sp³-hybridized carbons (Fsp3) is 0.429. The maximum Gasteiger partial charge on any atom is 0.124 e. The van der Waals surface area contributed by atoms with E-state index >= 15 is 0 Å². The highest BCUT2D eigenvalue weighted by Gasteiger charge is 2.23. The number of hydrogen-bond acceptors (Lipinski definition) is 3. The smallest absolute Gasteiger partial charge is 0.124 e. The average Bonchev–Trinajstić information content (AvgIpc) is 2.64. The van der Waals surface area contributed by atoms with Crippen molar-refractivity contribution in [2.24, 2.45) is 5.92 Å². The second-order valence-corrected chi connectivity index (χ2v) is 6.70. The van der Waals surface area contributed by atoms with Crippen molar-refractivity contribution >= 4 is 0 Å². The van der Waals surface area contributed by atoms with Crippen LogP contribution in [-0.4, -0.2) is 30.2 Å². The van der Waals surface area contributed by atoms with E-state index in [9.17, 15) is 5.11 Å². The normalized spacial score (nSPS) is 17.6. The van der Waals surface area contributed by atoms with Crippen LogP contribution in [0.4, 0.5) is 0 Å². The van der Waals surface area contributed by atoms with Gasteiger partial charge in [-0.3, -0.25) is 4.90 Å². The summed E-state index contributed by atoms with van der Waals surface area (Å²) < 4.78 is 5.37. The van der Waals surface area contributed by atoms with Gasteiger partial charge in [0.1, 0.15) is 5.75 Å². The molecule has 3 heteroatoms. The number of aliphatic hydroxyl groups excluding tert-OH is 1. The van der Waals surface area contributed by atoms with E-state index < -0.39 is 6.10 Å². The Hall–Kier alpha value is -1.84. The largest absolute Gasteiger partial charge is 0.496 e. The molecule has 0 spiro atoms. The van der Waals surface area contributed by atoms with Gasteiger partial charge in [-0.15, -0.1) is 0 Å². The first-order valence-corrected chi connectivity index (χ1v) is 8.83. The van der Waals surface area contributed by atoms with Gasteiger partial charge in [-0.05, 0) is 49.9 Å². The van der Waals surface area contributed by atoms with E-state index in [0.717, 1.165) is 50.2 Å². The number of hydrogen-bond donors (Lipinski definition) is 1. The monoisotopic (exact) mass is 325 g/mol. The molecule has 1 heterocycles. The van der Waals surface area contributed by atoms with E-state index in [1.807, 2.05) is 24.3 Å². The molecule has 1 saturated heterocycles. The maximum atomic E-state index is 10.6. The van der Waals surface area contributed by atoms with Gasteiger partial charge < -0.3 is 9.84 Å². The highest BCUT2D eigenvalue weighted by molar-refractivity contribution is 5.34. The molecule has 2 aromatic carbocycles. The van der Waals surface area contributed by atoms with Crippen LogP contribution in [-0.2, 0) is 6.54 Å². The average molecular weight is 325 g/mol. The Morgan fingerprint density at radius 3 is 2.42 bits per heavy atom. The number of likely N-dealkylation sites (tertiary alicyclic amines) is 1. The lowest BCUT2D eigenvalue weighted by Crippen LogP contribution is -2.33. The molecular weight excluding hydrogens is 298 g/mol. The summed E-state index contributed by atoms with van der Waals surface area (Å²) in [4.78, 5) is 2.52. The van der Waals surface area contributed by atoms with Crippen molar-refractivity contribution in [3.63, 3.8) is 0 Å². The zero-order chi connectivity index (χ0) is 16.8. The minimum atomic E-state index is -0.438. The van der Waals surface area contributed by atoms with Crippen LogP contribution >= 0.6 is 0 Å². The summed E-state index contributed by atoms with van der Waals surface area (Å²) in [5.41, 5.74) is 2.29. The van der Waals surface area contributed by atoms with Gasteiger partial charge in [0.15, 0.2) is 0 Å². The van der Waals surface area contributed by atoms with Gasteiger partial charge in [0.2, 0.25) is 0 Å². The molecule has 128 valence electrons. The summed E-state index contributed by atoms with van der Waals surface area (Å²) in [7, 11) is 1.66. The molecule has 3 rings (SSSR count). The van der Waals surface area contributed by atoms with Crippen LogP contribution in [0, 0.1) is 5.92 Å². The molecule has 24 heavy (non-hydrogen) atoms. The predicted octanol–water partition coefficient (Wildman–Crippen LogP) is 4.03. The van der Waals surface area contributed by atoms with Crippen molar-refractivity contribution in [2.75, 3.05) is 20.2 Å². The molecule has 1 fully saturated rings. The Bertz CT molecular complexity index is 621. The maximum absolute atomic E-state index is 10.6. The highest BCUT2D eigenvalue weighted by Crippen LogP contribution is 2.32. The van der Waals surface area contributed by atoms with Gasteiger partial charge in [-0.1, -0.05) is 48.5 Å². The second kappa shape index (κ2) is 8.32. The summed E-state index contributed by atoms with van der Waals surface area (Å²) in [6.07, 6.45) is 2.68. The van der Waals surface area contributed by atoms with Crippen molar-refractivity contribution in [1.82, 2.24) is 4.90 Å². The highest BCUT2D eigenvalue weighted by atomic mass is 16.5. The predicted molar refractivity (Wildman–Crippen MR) is 97.0 cm³/mol. The molecule has 0 aromatic heterocycles. The Morgan fingerprint density at radius 1 is 1.04 bits per heavy atom. The van der Waals surface area contributed by atoms with Crippen LogP contribution in [0.5, 0.6) is 5.75 Å². The van der Waals surface area contributed by atoms with E-state index in [4.69, 9.17) is 4.74 Å². The molecule has 0 amide bonds. The first-order chi connectivity index (χ1) is 11.8. The zero-order valence-corrected chi connectivity index (χ0v) is 14.4. The molecule has 1 N–H and O–H groups in total. The Morgan fingerprint density at radius 2 is 1.71 bits per heavy atom. The van der Waals surface area contributed by atoms with Crippen LogP contribution in [0.1, 0.15) is 36.5 Å². The number of methoxy groups -OCH3 is 1. The third kappa shape index (κ3) is 4.37. The van der Waals surface area contributed by atoms with E-state index in [1.165, 1.54) is 5.56 Å². The van der Waals surface area contributed by atoms with Crippen LogP contribution in [0.25, 0.3) is 0 Å². The molecule has 0 aliphatic carbocycles. The number of para-hydroxylation sites is 1. The molecule has 0 radical (unpaired) electrons. The SMILES string of the molecule is COc1ccccc1C(O)CC1CCN(Cc2ccccc2)CC1. The third-order valence-electron chi connectivity index (χ3n) is 5.01. The van der Waals surface area contributed by atoms with Crippen molar-refractivity contribution in [3.8, 4) is 5.75 Å². The van der Waals surface area contributed by atoms with E-state index in [0.29, 0.717) is 5.92 Å². The van der Waals surface area contributed by atoms with E-state index in [2.05, 4.69) is 35.2 Å². The van der Waals surface area contributed by atoms with Gasteiger partial charge in [0.25, 0.3) is 0 Å². The van der Waals surface area contributed by atoms with Gasteiger partial charge in [0.05, 0.1) is 13.2 Å². The van der Waals surface area contributed by atoms with Crippen molar-refractivity contribution < 1.29 is 9.84 Å². The van der Waals surface area contributed by atoms with Gasteiger partial charge in [-0.2, -0.15) is 0 Å². The number of ether oxygens (including phenoxy) is 1. The molecule has 1 atom stereocenters. The van der Waals surface area contributed by atoms with E-state index in [1.54, 1.807) is 7.11 Å². The summed E-state index contributed by atoms with van der Waals surface area (Å²) >= 11 is 0. The van der Waals surface area contributed by atoms with Crippen LogP contribution in [0.15, 0.2) is 54.6 Å². The summed E-state index contributed by atoms with van der Waals surface area (Å²) in [5.74, 6) is 1.36. The lowest BCUT2D eigenvalue weighted by Gasteiger charge is -2.33. The van der Waals surface area contributed by atoms with Gasteiger partial charge in [0, 0.05) is 12.1 Å². The molecule has 1 unspecified atom stereocenters. The Kier molecular flexibility index (Phi) is 5.89. The van der Waals surface area contributed by atoms with Crippen molar-refractivity contribution in [3.05, 3.63) is 65.7 Å². The zero-order valence-electron chi connectivity index (χ0n) is 14.4. The molecule has 2 aromatic rings. The van der Waals surface area contributed by atoms with Crippen LogP contribution in [0.3, 0.4) is 0 Å². The fourth-order valence-electron chi connectivity index (χ4n) is 3.61. The number of rotatable bonds is 6. The molecule has 1 aliphatic rings. The van der Waals surface area contributed by atoms with Crippen molar-refractivity contribution in [2.45, 2.75) is 31.9 Å². The summed E-state index contributed by atoms with van der Waals surface area (Å²) in [6.45, 7) is 3.25. The second-order valence-electron chi connectivity index (χ2n) is 6.70. The van der Waals surface area contributed by atoms with Gasteiger partial charge in [-0.25, -0.2) is 0 Å². The molecule has 0 saturated carbocycles. The van der Waals surface area contributed by atoms with Crippen LogP contribution < -0.4 is 4.74 Å². The Balaban J connectivity index is 1.50. The first kappa shape index (κ1) is 17.0. The minimum Gasteiger partial charge on any atom is -0.496 e. The topological polar surface area (TPSA) is 32.7 Å². The number of aliphatic hydroxyl groups is 1. The fourth-order valence-corrected chi connectivity index (χ4v) is 3.61. The quantitative estimate of drug-likeness (QED) is 0.870. The van der Waals surface area contributed by atoms with E-state index in [-0.39, 0.29) is 0 Å². The number of nitrogens with zero attached hydrogens (tertiary/aromatic N) is 1. The summed E-state index contributed by atoms with van der Waals surface area (Å²) in [6, 6.07) is 18.4. The summed E-state index contributed by atoms with van der Waals surface area (Å²) in [5, 5.41) is 10.6. The first-order valence-electron chi connectivity index (χ1n) is 8.83. The third-order valence-corrected chi connectivity index (χ3v) is 5.01. The standard InChI is InChI=1S/C21H27NO2/c1-24-21-10-6-5-9-19(21)20(23)15-17-11-13-22(14-12-17)16-18-7-3-2-4-8-18/h2-10,17,20,23H,11-16H2,1H3. The molecular formula is C21H27NO2. The Labute approximate surface area is 144 Å². The number of benzene rings is 2. The molecule has 1 aliphatic heterocycles. The molecule has 3 nitrogen and oxygen atoms in total.